The van der Waals surface area contributed by atoms with E-state index in [2.05, 4.69) is 0 Å². The Morgan fingerprint density at radius 3 is 2.71 bits per heavy atom. The molecule has 2 aliphatic heterocycles. The minimum Gasteiger partial charge on any atom is -0.378 e. The van der Waals surface area contributed by atoms with Crippen molar-refractivity contribution in [3.05, 3.63) is 24.0 Å². The number of alkyl halides is 1. The number of nitrogens with zero attached hydrogens (tertiary/aromatic N) is 2. The highest BCUT2D eigenvalue weighted by Gasteiger charge is 2.33. The lowest BCUT2D eigenvalue weighted by molar-refractivity contribution is -0.121. The summed E-state index contributed by atoms with van der Waals surface area (Å²) in [5.41, 5.74) is 1.02. The van der Waals surface area contributed by atoms with Gasteiger partial charge in [0.25, 0.3) is 5.91 Å². The third-order valence-electron chi connectivity index (χ3n) is 3.68. The van der Waals surface area contributed by atoms with Crippen LogP contribution in [0.5, 0.6) is 0 Å². The number of morpholine rings is 1. The van der Waals surface area contributed by atoms with Gasteiger partial charge in [-0.25, -0.2) is 4.39 Å². The summed E-state index contributed by atoms with van der Waals surface area (Å²) in [6.07, 6.45) is -0.645. The van der Waals surface area contributed by atoms with Crippen LogP contribution >= 0.6 is 11.6 Å². The molecule has 0 spiro atoms. The Balaban J connectivity index is 1.79. The number of carbonyl (C=O) groups is 1. The number of hydrogen-bond donors (Lipinski definition) is 0. The van der Waals surface area contributed by atoms with Crippen LogP contribution in [-0.4, -0.2) is 50.9 Å². The van der Waals surface area contributed by atoms with E-state index in [1.807, 2.05) is 4.90 Å². The van der Waals surface area contributed by atoms with Gasteiger partial charge in [-0.15, -0.1) is 11.6 Å². The number of hydrogen-bond acceptors (Lipinski definition) is 4. The topological polar surface area (TPSA) is 42.0 Å². The van der Waals surface area contributed by atoms with Crippen LogP contribution < -0.4 is 9.80 Å². The summed E-state index contributed by atoms with van der Waals surface area (Å²) in [4.78, 5) is 15.3. The highest BCUT2D eigenvalue weighted by molar-refractivity contribution is 6.20. The molecule has 1 amide bonds. The number of amides is 1. The molecule has 2 aliphatic rings. The SMILES string of the molecule is O=C1C(CCl)OCN1c1ccc(N2CCOCC2)c(F)c1. The van der Waals surface area contributed by atoms with Crippen LogP contribution in [0, 0.1) is 5.82 Å². The maximum absolute atomic E-state index is 14.3. The van der Waals surface area contributed by atoms with E-state index in [-0.39, 0.29) is 24.3 Å². The molecule has 1 aromatic rings. The van der Waals surface area contributed by atoms with E-state index in [4.69, 9.17) is 21.1 Å². The molecule has 2 saturated heterocycles. The first-order valence-corrected chi connectivity index (χ1v) is 7.35. The molecule has 0 aliphatic carbocycles. The lowest BCUT2D eigenvalue weighted by Gasteiger charge is -2.29. The van der Waals surface area contributed by atoms with E-state index in [1.165, 1.54) is 11.0 Å². The summed E-state index contributed by atoms with van der Waals surface area (Å²) >= 11 is 5.65. The Morgan fingerprint density at radius 2 is 2.10 bits per heavy atom. The number of halogens is 2. The van der Waals surface area contributed by atoms with Crippen molar-refractivity contribution < 1.29 is 18.7 Å². The van der Waals surface area contributed by atoms with Crippen LogP contribution in [0.4, 0.5) is 15.8 Å². The lowest BCUT2D eigenvalue weighted by atomic mass is 10.2. The Kier molecular flexibility index (Phi) is 4.28. The molecular weight excluding hydrogens is 299 g/mol. The first kappa shape index (κ1) is 14.6. The van der Waals surface area contributed by atoms with E-state index in [0.29, 0.717) is 37.7 Å². The minimum atomic E-state index is -0.645. The van der Waals surface area contributed by atoms with Crippen molar-refractivity contribution in [1.29, 1.82) is 0 Å². The Morgan fingerprint density at radius 1 is 1.33 bits per heavy atom. The van der Waals surface area contributed by atoms with Gasteiger partial charge < -0.3 is 14.4 Å². The molecule has 0 radical (unpaired) electrons. The molecule has 0 saturated carbocycles. The fraction of sp³-hybridized carbons (Fsp3) is 0.500. The highest BCUT2D eigenvalue weighted by Crippen LogP contribution is 2.28. The lowest BCUT2D eigenvalue weighted by Crippen LogP contribution is -2.36. The van der Waals surface area contributed by atoms with Crippen LogP contribution in [0.1, 0.15) is 0 Å². The molecule has 5 nitrogen and oxygen atoms in total. The van der Waals surface area contributed by atoms with Crippen LogP contribution in [0.2, 0.25) is 0 Å². The first-order chi connectivity index (χ1) is 10.2. The van der Waals surface area contributed by atoms with Gasteiger partial charge in [0, 0.05) is 18.8 Å². The van der Waals surface area contributed by atoms with Crippen LogP contribution in [0.15, 0.2) is 18.2 Å². The monoisotopic (exact) mass is 314 g/mol. The molecule has 2 fully saturated rings. The van der Waals surface area contributed by atoms with Crippen LogP contribution in [-0.2, 0) is 14.3 Å². The van der Waals surface area contributed by atoms with Gasteiger partial charge in [-0.1, -0.05) is 0 Å². The zero-order valence-corrected chi connectivity index (χ0v) is 12.2. The molecule has 0 aromatic heterocycles. The zero-order chi connectivity index (χ0) is 14.8. The molecule has 1 atom stereocenters. The predicted octanol–water partition coefficient (Wildman–Crippen LogP) is 1.59. The molecule has 0 N–H and O–H groups in total. The fourth-order valence-corrected chi connectivity index (χ4v) is 2.73. The van der Waals surface area contributed by atoms with Crippen molar-refractivity contribution in [3.63, 3.8) is 0 Å². The van der Waals surface area contributed by atoms with Gasteiger partial charge in [0.15, 0.2) is 6.10 Å². The Bertz CT molecular complexity index is 537. The van der Waals surface area contributed by atoms with Gasteiger partial charge in [0.2, 0.25) is 0 Å². The van der Waals surface area contributed by atoms with Crippen molar-refractivity contribution >= 4 is 28.9 Å². The van der Waals surface area contributed by atoms with Gasteiger partial charge in [-0.3, -0.25) is 9.69 Å². The van der Waals surface area contributed by atoms with Crippen molar-refractivity contribution in [2.45, 2.75) is 6.10 Å². The molecule has 7 heteroatoms. The van der Waals surface area contributed by atoms with Gasteiger partial charge in [-0.2, -0.15) is 0 Å². The average molecular weight is 315 g/mol. The third-order valence-corrected chi connectivity index (χ3v) is 3.96. The zero-order valence-electron chi connectivity index (χ0n) is 11.4. The third kappa shape index (κ3) is 2.84. The normalized spacial score (nSPS) is 23.0. The van der Waals surface area contributed by atoms with Crippen molar-refractivity contribution in [2.75, 3.05) is 48.7 Å². The van der Waals surface area contributed by atoms with Gasteiger partial charge in [-0.05, 0) is 18.2 Å². The largest absolute Gasteiger partial charge is 0.378 e. The van der Waals surface area contributed by atoms with Crippen molar-refractivity contribution in [1.82, 2.24) is 0 Å². The molecule has 21 heavy (non-hydrogen) atoms. The second-order valence-corrected chi connectivity index (χ2v) is 5.25. The molecule has 3 rings (SSSR count). The number of ether oxygens (including phenoxy) is 2. The first-order valence-electron chi connectivity index (χ1n) is 6.82. The molecule has 0 bridgehead atoms. The second kappa shape index (κ2) is 6.17. The smallest absolute Gasteiger partial charge is 0.259 e. The minimum absolute atomic E-state index is 0.101. The molecule has 114 valence electrons. The summed E-state index contributed by atoms with van der Waals surface area (Å²) in [5, 5.41) is 0. The van der Waals surface area contributed by atoms with Crippen molar-refractivity contribution in [3.8, 4) is 0 Å². The highest BCUT2D eigenvalue weighted by atomic mass is 35.5. The molecule has 1 unspecified atom stereocenters. The van der Waals surface area contributed by atoms with E-state index >= 15 is 0 Å². The summed E-state index contributed by atoms with van der Waals surface area (Å²) in [5.74, 6) is -0.482. The van der Waals surface area contributed by atoms with Crippen LogP contribution in [0.25, 0.3) is 0 Å². The van der Waals surface area contributed by atoms with E-state index in [0.717, 1.165) is 0 Å². The van der Waals surface area contributed by atoms with E-state index < -0.39 is 6.10 Å². The second-order valence-electron chi connectivity index (χ2n) is 4.94. The van der Waals surface area contributed by atoms with Gasteiger partial charge >= 0.3 is 0 Å². The van der Waals surface area contributed by atoms with Crippen LogP contribution in [0.3, 0.4) is 0 Å². The molecule has 1 aromatic carbocycles. The van der Waals surface area contributed by atoms with Gasteiger partial charge in [0.1, 0.15) is 12.5 Å². The Labute approximate surface area is 127 Å². The maximum Gasteiger partial charge on any atom is 0.259 e. The summed E-state index contributed by atoms with van der Waals surface area (Å²) < 4.78 is 24.8. The van der Waals surface area contributed by atoms with Gasteiger partial charge in [0.05, 0.1) is 24.8 Å². The average Bonchev–Trinajstić information content (AvgIpc) is 2.89. The molecule has 2 heterocycles. The quantitative estimate of drug-likeness (QED) is 0.795. The van der Waals surface area contributed by atoms with E-state index in [1.54, 1.807) is 12.1 Å². The summed E-state index contributed by atoms with van der Waals surface area (Å²) in [7, 11) is 0. The summed E-state index contributed by atoms with van der Waals surface area (Å²) in [6, 6.07) is 4.78. The number of anilines is 2. The maximum atomic E-state index is 14.3. The number of rotatable bonds is 3. The molecular formula is C14H16ClFN2O3. The standard InChI is InChI=1S/C14H16ClFN2O3/c15-8-13-14(19)18(9-21-13)10-1-2-12(11(16)7-10)17-3-5-20-6-4-17/h1-2,7,13H,3-6,8-9H2. The Hall–Kier alpha value is -1.37. The fourth-order valence-electron chi connectivity index (χ4n) is 2.51. The number of benzene rings is 1. The number of carbonyl (C=O) groups excluding carboxylic acids is 1. The van der Waals surface area contributed by atoms with Crippen molar-refractivity contribution in [2.24, 2.45) is 0 Å². The predicted molar refractivity (Wildman–Crippen MR) is 77.4 cm³/mol. The van der Waals surface area contributed by atoms with E-state index in [9.17, 15) is 9.18 Å². The summed E-state index contributed by atoms with van der Waals surface area (Å²) in [6.45, 7) is 2.62.